The van der Waals surface area contributed by atoms with Crippen molar-refractivity contribution in [2.45, 2.75) is 27.3 Å². The lowest BCUT2D eigenvalue weighted by Crippen LogP contribution is -2.30. The van der Waals surface area contributed by atoms with Crippen LogP contribution in [0, 0.1) is 20.8 Å². The molecule has 2 heterocycles. The SMILES string of the molecule is COc1ccccc1NC(=O)Cn1nc(-c2ccc(C)cc2C)c2sc(C)nc2c1=O. The molecule has 0 spiro atoms. The molecule has 7 nitrogen and oxygen atoms in total. The number of hydrogen-bond acceptors (Lipinski definition) is 6. The standard InChI is InChI=1S/C23H22N4O3S/c1-13-9-10-16(14(2)11-13)20-22-21(24-15(3)31-22)23(29)27(26-20)12-19(28)25-17-7-5-6-8-18(17)30-4/h5-11H,12H2,1-4H3,(H,25,28). The Labute approximate surface area is 183 Å². The van der Waals surface area contributed by atoms with Crippen LogP contribution in [0.4, 0.5) is 5.69 Å². The molecule has 0 unspecified atom stereocenters. The number of para-hydroxylation sites is 2. The van der Waals surface area contributed by atoms with Gasteiger partial charge in [0.2, 0.25) is 5.91 Å². The predicted molar refractivity (Wildman–Crippen MR) is 123 cm³/mol. The Morgan fingerprint density at radius 1 is 1.16 bits per heavy atom. The van der Waals surface area contributed by atoms with Gasteiger partial charge in [-0.3, -0.25) is 9.59 Å². The first-order valence-electron chi connectivity index (χ1n) is 9.76. The van der Waals surface area contributed by atoms with Crippen LogP contribution in [0.5, 0.6) is 5.75 Å². The van der Waals surface area contributed by atoms with Crippen molar-refractivity contribution in [1.82, 2.24) is 14.8 Å². The van der Waals surface area contributed by atoms with Gasteiger partial charge in [0.25, 0.3) is 5.56 Å². The lowest BCUT2D eigenvalue weighted by Gasteiger charge is -2.12. The highest BCUT2D eigenvalue weighted by Gasteiger charge is 2.19. The van der Waals surface area contributed by atoms with E-state index < -0.39 is 0 Å². The molecular weight excluding hydrogens is 412 g/mol. The molecule has 0 atom stereocenters. The van der Waals surface area contributed by atoms with Gasteiger partial charge in [-0.15, -0.1) is 11.3 Å². The molecule has 4 aromatic rings. The Morgan fingerprint density at radius 3 is 2.68 bits per heavy atom. The highest BCUT2D eigenvalue weighted by atomic mass is 32.1. The fourth-order valence-electron chi connectivity index (χ4n) is 3.50. The number of benzene rings is 2. The molecule has 1 N–H and O–H groups in total. The zero-order valence-electron chi connectivity index (χ0n) is 17.7. The molecule has 31 heavy (non-hydrogen) atoms. The van der Waals surface area contributed by atoms with Crippen molar-refractivity contribution < 1.29 is 9.53 Å². The van der Waals surface area contributed by atoms with E-state index in [2.05, 4.69) is 21.5 Å². The topological polar surface area (TPSA) is 86.1 Å². The molecule has 0 aliphatic rings. The number of amides is 1. The van der Waals surface area contributed by atoms with Crippen molar-refractivity contribution in [2.75, 3.05) is 12.4 Å². The summed E-state index contributed by atoms with van der Waals surface area (Å²) in [7, 11) is 1.53. The van der Waals surface area contributed by atoms with Crippen LogP contribution in [-0.2, 0) is 11.3 Å². The second kappa shape index (κ2) is 8.31. The van der Waals surface area contributed by atoms with Crippen LogP contribution < -0.4 is 15.6 Å². The highest BCUT2D eigenvalue weighted by molar-refractivity contribution is 7.19. The monoisotopic (exact) mass is 434 g/mol. The zero-order valence-corrected chi connectivity index (χ0v) is 18.5. The second-order valence-electron chi connectivity index (χ2n) is 7.29. The lowest BCUT2D eigenvalue weighted by atomic mass is 10.0. The number of anilines is 1. The number of ether oxygens (including phenoxy) is 1. The smallest absolute Gasteiger partial charge is 0.294 e. The van der Waals surface area contributed by atoms with E-state index in [0.717, 1.165) is 26.4 Å². The van der Waals surface area contributed by atoms with Gasteiger partial charge in [0.15, 0.2) is 5.52 Å². The molecule has 0 bridgehead atoms. The Bertz CT molecular complexity index is 1360. The molecule has 0 saturated heterocycles. The largest absolute Gasteiger partial charge is 0.495 e. The number of aromatic nitrogens is 3. The molecule has 158 valence electrons. The van der Waals surface area contributed by atoms with Gasteiger partial charge in [-0.2, -0.15) is 5.10 Å². The van der Waals surface area contributed by atoms with Gasteiger partial charge in [-0.25, -0.2) is 9.67 Å². The molecule has 0 saturated carbocycles. The van der Waals surface area contributed by atoms with Gasteiger partial charge < -0.3 is 10.1 Å². The summed E-state index contributed by atoms with van der Waals surface area (Å²) in [5, 5.41) is 8.14. The number of fused-ring (bicyclic) bond motifs is 1. The third-order valence-electron chi connectivity index (χ3n) is 4.92. The van der Waals surface area contributed by atoms with Crippen molar-refractivity contribution in [3.63, 3.8) is 0 Å². The first kappa shape index (κ1) is 20.7. The van der Waals surface area contributed by atoms with Crippen LogP contribution in [-0.4, -0.2) is 27.8 Å². The van der Waals surface area contributed by atoms with Crippen LogP contribution in [0.2, 0.25) is 0 Å². The molecule has 4 rings (SSSR count). The molecule has 2 aromatic heterocycles. The highest BCUT2D eigenvalue weighted by Crippen LogP contribution is 2.31. The first-order valence-corrected chi connectivity index (χ1v) is 10.6. The summed E-state index contributed by atoms with van der Waals surface area (Å²) < 4.78 is 7.19. The van der Waals surface area contributed by atoms with Gasteiger partial charge in [0.05, 0.1) is 22.5 Å². The Hall–Kier alpha value is -3.52. The second-order valence-corrected chi connectivity index (χ2v) is 8.49. The van der Waals surface area contributed by atoms with Gasteiger partial charge in [0.1, 0.15) is 18.0 Å². The number of nitrogens with zero attached hydrogens (tertiary/aromatic N) is 3. The third-order valence-corrected chi connectivity index (χ3v) is 5.90. The van der Waals surface area contributed by atoms with E-state index >= 15 is 0 Å². The predicted octanol–water partition coefficient (Wildman–Crippen LogP) is 4.09. The van der Waals surface area contributed by atoms with E-state index in [1.165, 1.54) is 23.1 Å². The number of nitrogens with one attached hydrogen (secondary N) is 1. The number of methoxy groups -OCH3 is 1. The van der Waals surface area contributed by atoms with E-state index in [4.69, 9.17) is 4.74 Å². The van der Waals surface area contributed by atoms with Gasteiger partial charge in [0, 0.05) is 5.56 Å². The molecular formula is C23H22N4O3S. The van der Waals surface area contributed by atoms with Crippen LogP contribution in [0.3, 0.4) is 0 Å². The minimum Gasteiger partial charge on any atom is -0.495 e. The fourth-order valence-corrected chi connectivity index (χ4v) is 4.41. The summed E-state index contributed by atoms with van der Waals surface area (Å²) in [5.74, 6) is 0.162. The minimum atomic E-state index is -0.386. The molecule has 1 amide bonds. The zero-order chi connectivity index (χ0) is 22.1. The maximum absolute atomic E-state index is 13.0. The van der Waals surface area contributed by atoms with Crippen molar-refractivity contribution in [2.24, 2.45) is 0 Å². The van der Waals surface area contributed by atoms with E-state index in [0.29, 0.717) is 22.6 Å². The Kier molecular flexibility index (Phi) is 5.56. The number of aryl methyl sites for hydroxylation is 3. The third kappa shape index (κ3) is 4.06. The average molecular weight is 435 g/mol. The number of carbonyl (C=O) groups is 1. The van der Waals surface area contributed by atoms with E-state index in [9.17, 15) is 9.59 Å². The van der Waals surface area contributed by atoms with Crippen molar-refractivity contribution >= 4 is 33.1 Å². The van der Waals surface area contributed by atoms with Crippen molar-refractivity contribution in [3.8, 4) is 17.0 Å². The van der Waals surface area contributed by atoms with Gasteiger partial charge in [-0.1, -0.05) is 35.9 Å². The summed E-state index contributed by atoms with van der Waals surface area (Å²) in [6, 6.07) is 13.2. The van der Waals surface area contributed by atoms with E-state index in [-0.39, 0.29) is 18.0 Å². The number of carbonyl (C=O) groups excluding carboxylic acids is 1. The fraction of sp³-hybridized carbons (Fsp3) is 0.217. The summed E-state index contributed by atoms with van der Waals surface area (Å²) in [6.45, 7) is 5.66. The van der Waals surface area contributed by atoms with E-state index in [1.54, 1.807) is 18.2 Å². The molecule has 0 aliphatic carbocycles. The van der Waals surface area contributed by atoms with Crippen molar-refractivity contribution in [1.29, 1.82) is 0 Å². The van der Waals surface area contributed by atoms with Gasteiger partial charge >= 0.3 is 0 Å². The summed E-state index contributed by atoms with van der Waals surface area (Å²) >= 11 is 1.43. The van der Waals surface area contributed by atoms with Crippen LogP contribution in [0.1, 0.15) is 16.1 Å². The molecule has 2 aromatic carbocycles. The number of thiazole rings is 1. The summed E-state index contributed by atoms with van der Waals surface area (Å²) in [4.78, 5) is 30.2. The normalized spacial score (nSPS) is 11.0. The quantitative estimate of drug-likeness (QED) is 0.511. The number of hydrogen-bond donors (Lipinski definition) is 1. The van der Waals surface area contributed by atoms with Crippen LogP contribution in [0.15, 0.2) is 47.3 Å². The van der Waals surface area contributed by atoms with Crippen LogP contribution >= 0.6 is 11.3 Å². The first-order chi connectivity index (χ1) is 14.9. The average Bonchev–Trinajstić information content (AvgIpc) is 3.13. The van der Waals surface area contributed by atoms with E-state index in [1.807, 2.05) is 39.0 Å². The summed E-state index contributed by atoms with van der Waals surface area (Å²) in [6.07, 6.45) is 0. The molecule has 0 radical (unpaired) electrons. The molecule has 0 aliphatic heterocycles. The van der Waals surface area contributed by atoms with Crippen molar-refractivity contribution in [3.05, 3.63) is 69.0 Å². The lowest BCUT2D eigenvalue weighted by molar-refractivity contribution is -0.117. The van der Waals surface area contributed by atoms with Crippen LogP contribution in [0.25, 0.3) is 21.5 Å². The Balaban J connectivity index is 1.77. The maximum Gasteiger partial charge on any atom is 0.294 e. The summed E-state index contributed by atoms with van der Waals surface area (Å²) in [5.41, 5.74) is 4.23. The number of rotatable bonds is 5. The maximum atomic E-state index is 13.0. The minimum absolute atomic E-state index is 0.235. The molecule has 0 fully saturated rings. The van der Waals surface area contributed by atoms with Gasteiger partial charge in [-0.05, 0) is 38.5 Å². The molecule has 8 heteroatoms. The Morgan fingerprint density at radius 2 is 1.94 bits per heavy atom.